The topological polar surface area (TPSA) is 9.23 Å². The zero-order chi connectivity index (χ0) is 11.2. The van der Waals surface area contributed by atoms with Crippen molar-refractivity contribution in [3.8, 4) is 0 Å². The third-order valence-corrected chi connectivity index (χ3v) is 6.77. The average molecular weight is 287 g/mol. The van der Waals surface area contributed by atoms with E-state index < -0.39 is 0 Å². The molecule has 0 aromatic carbocycles. The summed E-state index contributed by atoms with van der Waals surface area (Å²) >= 11 is 3.75. The van der Waals surface area contributed by atoms with E-state index in [0.717, 1.165) is 29.7 Å². The molecule has 5 atom stereocenters. The van der Waals surface area contributed by atoms with Crippen LogP contribution < -0.4 is 0 Å². The molecule has 2 heteroatoms. The second-order valence-corrected chi connectivity index (χ2v) is 6.96. The fourth-order valence-corrected chi connectivity index (χ4v) is 5.43. The SMILES string of the molecule is CC1OCCC1(CBr)CC1CC2CCC1C2. The van der Waals surface area contributed by atoms with Crippen molar-refractivity contribution < 1.29 is 4.74 Å². The Labute approximate surface area is 107 Å². The normalized spacial score (nSPS) is 51.4. The van der Waals surface area contributed by atoms with E-state index in [2.05, 4.69) is 22.9 Å². The second kappa shape index (κ2) is 4.28. The number of hydrogen-bond donors (Lipinski definition) is 0. The minimum atomic E-state index is 0.454. The zero-order valence-electron chi connectivity index (χ0n) is 10.3. The quantitative estimate of drug-likeness (QED) is 0.713. The number of hydrogen-bond acceptors (Lipinski definition) is 1. The molecule has 0 aromatic heterocycles. The second-order valence-electron chi connectivity index (χ2n) is 6.40. The predicted octanol–water partition coefficient (Wildman–Crippen LogP) is 4.00. The Morgan fingerprint density at radius 3 is 2.69 bits per heavy atom. The largest absolute Gasteiger partial charge is 0.378 e. The van der Waals surface area contributed by atoms with E-state index in [1.807, 2.05) is 0 Å². The summed E-state index contributed by atoms with van der Waals surface area (Å²) in [6.07, 6.45) is 9.25. The first-order chi connectivity index (χ1) is 7.73. The molecule has 3 aliphatic rings. The molecule has 5 unspecified atom stereocenters. The van der Waals surface area contributed by atoms with E-state index in [0.29, 0.717) is 11.5 Å². The maximum atomic E-state index is 5.82. The molecule has 1 aliphatic heterocycles. The van der Waals surface area contributed by atoms with E-state index in [1.54, 1.807) is 0 Å². The first-order valence-corrected chi connectivity index (χ1v) is 8.03. The Hall–Kier alpha value is 0.440. The fraction of sp³-hybridized carbons (Fsp3) is 1.00. The zero-order valence-corrected chi connectivity index (χ0v) is 11.8. The van der Waals surface area contributed by atoms with Crippen LogP contribution in [0.1, 0.15) is 45.4 Å². The van der Waals surface area contributed by atoms with Crippen LogP contribution in [0, 0.1) is 23.2 Å². The van der Waals surface area contributed by atoms with Crippen LogP contribution in [0.4, 0.5) is 0 Å². The van der Waals surface area contributed by atoms with E-state index in [9.17, 15) is 0 Å². The van der Waals surface area contributed by atoms with Gasteiger partial charge in [0.1, 0.15) is 0 Å². The van der Waals surface area contributed by atoms with Crippen molar-refractivity contribution in [3.63, 3.8) is 0 Å². The van der Waals surface area contributed by atoms with E-state index in [4.69, 9.17) is 4.74 Å². The lowest BCUT2D eigenvalue weighted by molar-refractivity contribution is 0.0563. The highest BCUT2D eigenvalue weighted by Crippen LogP contribution is 2.54. The number of ether oxygens (including phenoxy) is 1. The molecule has 3 rings (SSSR count). The third kappa shape index (κ3) is 1.77. The Bertz CT molecular complexity index is 267. The predicted molar refractivity (Wildman–Crippen MR) is 69.8 cm³/mol. The lowest BCUT2D eigenvalue weighted by atomic mass is 9.72. The van der Waals surface area contributed by atoms with Crippen molar-refractivity contribution in [1.29, 1.82) is 0 Å². The smallest absolute Gasteiger partial charge is 0.0612 e. The Morgan fingerprint density at radius 2 is 2.19 bits per heavy atom. The summed E-state index contributed by atoms with van der Waals surface area (Å²) in [6.45, 7) is 3.26. The Balaban J connectivity index is 1.68. The number of fused-ring (bicyclic) bond motifs is 2. The van der Waals surface area contributed by atoms with Gasteiger partial charge in [-0.25, -0.2) is 0 Å². The van der Waals surface area contributed by atoms with Gasteiger partial charge in [-0.2, -0.15) is 0 Å². The molecule has 0 spiro atoms. The third-order valence-electron chi connectivity index (χ3n) is 5.65. The van der Waals surface area contributed by atoms with Gasteiger partial charge in [-0.05, 0) is 56.8 Å². The Kier molecular flexibility index (Phi) is 3.08. The van der Waals surface area contributed by atoms with Gasteiger partial charge in [0, 0.05) is 17.4 Å². The summed E-state index contributed by atoms with van der Waals surface area (Å²) < 4.78 is 5.82. The van der Waals surface area contributed by atoms with Gasteiger partial charge in [-0.3, -0.25) is 0 Å². The van der Waals surface area contributed by atoms with Crippen LogP contribution in [-0.4, -0.2) is 18.0 Å². The van der Waals surface area contributed by atoms with Crippen LogP contribution in [0.2, 0.25) is 0 Å². The minimum absolute atomic E-state index is 0.454. The molecule has 2 saturated carbocycles. The van der Waals surface area contributed by atoms with E-state index in [1.165, 1.54) is 38.5 Å². The molecule has 0 N–H and O–H groups in total. The highest BCUT2D eigenvalue weighted by Gasteiger charge is 2.47. The van der Waals surface area contributed by atoms with E-state index >= 15 is 0 Å². The molecule has 3 fully saturated rings. The molecule has 2 aliphatic carbocycles. The van der Waals surface area contributed by atoms with Crippen LogP contribution in [-0.2, 0) is 4.74 Å². The molecule has 1 saturated heterocycles. The van der Waals surface area contributed by atoms with Crippen molar-refractivity contribution in [1.82, 2.24) is 0 Å². The fourth-order valence-electron chi connectivity index (χ4n) is 4.47. The van der Waals surface area contributed by atoms with Crippen molar-refractivity contribution in [3.05, 3.63) is 0 Å². The number of alkyl halides is 1. The van der Waals surface area contributed by atoms with Crippen molar-refractivity contribution in [2.75, 3.05) is 11.9 Å². The van der Waals surface area contributed by atoms with Gasteiger partial charge in [0.25, 0.3) is 0 Å². The molecule has 16 heavy (non-hydrogen) atoms. The van der Waals surface area contributed by atoms with Gasteiger partial charge < -0.3 is 4.74 Å². The standard InChI is InChI=1S/C14H23BrO/c1-10-14(9-15,4-5-16-10)8-13-7-11-2-3-12(13)6-11/h10-13H,2-9H2,1H3. The molecule has 92 valence electrons. The monoisotopic (exact) mass is 286 g/mol. The van der Waals surface area contributed by atoms with Gasteiger partial charge in [0.2, 0.25) is 0 Å². The molecular formula is C14H23BrO. The summed E-state index contributed by atoms with van der Waals surface area (Å²) in [4.78, 5) is 0. The van der Waals surface area contributed by atoms with Crippen molar-refractivity contribution in [2.24, 2.45) is 23.2 Å². The molecule has 0 amide bonds. The average Bonchev–Trinajstić information content (AvgIpc) is 2.96. The van der Waals surface area contributed by atoms with Gasteiger partial charge in [-0.1, -0.05) is 22.4 Å². The summed E-state index contributed by atoms with van der Waals surface area (Å²) in [5, 5.41) is 1.13. The number of rotatable bonds is 3. The lowest BCUT2D eigenvalue weighted by Crippen LogP contribution is -2.34. The Morgan fingerprint density at radius 1 is 1.31 bits per heavy atom. The molecular weight excluding hydrogens is 264 g/mol. The van der Waals surface area contributed by atoms with Crippen molar-refractivity contribution >= 4 is 15.9 Å². The maximum absolute atomic E-state index is 5.82. The summed E-state index contributed by atoms with van der Waals surface area (Å²) in [5.74, 6) is 3.16. The van der Waals surface area contributed by atoms with Crippen LogP contribution in [0.15, 0.2) is 0 Å². The first-order valence-electron chi connectivity index (χ1n) is 6.91. The van der Waals surface area contributed by atoms with Crippen molar-refractivity contribution in [2.45, 2.75) is 51.6 Å². The van der Waals surface area contributed by atoms with Gasteiger partial charge >= 0.3 is 0 Å². The molecule has 0 radical (unpaired) electrons. The lowest BCUT2D eigenvalue weighted by Gasteiger charge is -2.35. The molecule has 1 nitrogen and oxygen atoms in total. The minimum Gasteiger partial charge on any atom is -0.378 e. The first kappa shape index (κ1) is 11.5. The maximum Gasteiger partial charge on any atom is 0.0612 e. The number of halogens is 1. The molecule has 1 heterocycles. The van der Waals surface area contributed by atoms with Gasteiger partial charge in [0.05, 0.1) is 6.10 Å². The van der Waals surface area contributed by atoms with Crippen LogP contribution >= 0.6 is 15.9 Å². The molecule has 2 bridgehead atoms. The van der Waals surface area contributed by atoms with E-state index in [-0.39, 0.29) is 0 Å². The highest BCUT2D eigenvalue weighted by molar-refractivity contribution is 9.09. The summed E-state index contributed by atoms with van der Waals surface area (Å²) in [7, 11) is 0. The van der Waals surface area contributed by atoms with Crippen LogP contribution in [0.3, 0.4) is 0 Å². The summed E-state index contributed by atoms with van der Waals surface area (Å²) in [5.41, 5.74) is 0.454. The highest BCUT2D eigenvalue weighted by atomic mass is 79.9. The van der Waals surface area contributed by atoms with Gasteiger partial charge in [-0.15, -0.1) is 0 Å². The summed E-state index contributed by atoms with van der Waals surface area (Å²) in [6, 6.07) is 0. The molecule has 0 aromatic rings. The van der Waals surface area contributed by atoms with Crippen LogP contribution in [0.25, 0.3) is 0 Å². The van der Waals surface area contributed by atoms with Gasteiger partial charge in [0.15, 0.2) is 0 Å². The van der Waals surface area contributed by atoms with Crippen LogP contribution in [0.5, 0.6) is 0 Å².